The molecule has 4 nitrogen and oxygen atoms in total. The van der Waals surface area contributed by atoms with Crippen molar-refractivity contribution < 1.29 is 9.53 Å². The summed E-state index contributed by atoms with van der Waals surface area (Å²) in [6, 6.07) is 9.08. The highest BCUT2D eigenvalue weighted by molar-refractivity contribution is 5.99. The quantitative estimate of drug-likeness (QED) is 0.690. The molecular weight excluding hydrogens is 264 g/mol. The van der Waals surface area contributed by atoms with Gasteiger partial charge in [-0.05, 0) is 37.1 Å². The molecule has 0 aliphatic carbocycles. The van der Waals surface area contributed by atoms with Crippen LogP contribution in [0.2, 0.25) is 0 Å². The summed E-state index contributed by atoms with van der Waals surface area (Å²) < 4.78 is 5.10. The van der Waals surface area contributed by atoms with Gasteiger partial charge >= 0.3 is 0 Å². The third kappa shape index (κ3) is 5.20. The van der Waals surface area contributed by atoms with Crippen molar-refractivity contribution >= 4 is 5.78 Å². The molecule has 1 unspecified atom stereocenters. The Labute approximate surface area is 127 Å². The van der Waals surface area contributed by atoms with Crippen LogP contribution in [0.1, 0.15) is 37.6 Å². The molecule has 1 aromatic carbocycles. The van der Waals surface area contributed by atoms with Gasteiger partial charge in [-0.2, -0.15) is 5.26 Å². The number of hydrogen-bond donors (Lipinski definition) is 0. The summed E-state index contributed by atoms with van der Waals surface area (Å²) in [6.07, 6.45) is 0.437. The molecule has 0 aliphatic rings. The molecule has 4 heteroatoms. The average molecular weight is 288 g/mol. The molecule has 0 amide bonds. The predicted octanol–water partition coefficient (Wildman–Crippen LogP) is 3.14. The predicted molar refractivity (Wildman–Crippen MR) is 83.4 cm³/mol. The second-order valence-corrected chi connectivity index (χ2v) is 5.57. The Balaban J connectivity index is 2.82. The normalized spacial score (nSPS) is 12.2. The van der Waals surface area contributed by atoms with Crippen molar-refractivity contribution in [2.75, 3.05) is 20.2 Å². The van der Waals surface area contributed by atoms with Gasteiger partial charge in [-0.15, -0.1) is 0 Å². The molecule has 0 heterocycles. The van der Waals surface area contributed by atoms with Crippen LogP contribution in [0, 0.1) is 17.2 Å². The molecule has 0 saturated heterocycles. The molecule has 0 N–H and O–H groups in total. The molecule has 0 fully saturated rings. The Morgan fingerprint density at radius 3 is 2.38 bits per heavy atom. The molecule has 0 spiro atoms. The summed E-state index contributed by atoms with van der Waals surface area (Å²) in [5.74, 6) is 1.27. The molecular formula is C17H24N2O2. The van der Waals surface area contributed by atoms with Gasteiger partial charge in [0.2, 0.25) is 0 Å². The standard InChI is InChI=1S/C17H24N2O2/c1-13(2)12-19(11-5-10-18)14(3)17(20)15-6-8-16(21-4)9-7-15/h6-9,13-14H,5,11-12H2,1-4H3. The SMILES string of the molecule is COc1ccc(C(=O)C(C)N(CCC#N)CC(C)C)cc1. The topological polar surface area (TPSA) is 53.3 Å². The van der Waals surface area contributed by atoms with Crippen molar-refractivity contribution in [3.05, 3.63) is 29.8 Å². The molecule has 114 valence electrons. The van der Waals surface area contributed by atoms with Crippen molar-refractivity contribution in [1.29, 1.82) is 5.26 Å². The number of hydrogen-bond acceptors (Lipinski definition) is 4. The van der Waals surface area contributed by atoms with E-state index in [1.165, 1.54) is 0 Å². The third-order valence-electron chi connectivity index (χ3n) is 3.41. The summed E-state index contributed by atoms with van der Waals surface area (Å²) in [5.41, 5.74) is 0.675. The highest BCUT2D eigenvalue weighted by Gasteiger charge is 2.22. The van der Waals surface area contributed by atoms with Crippen molar-refractivity contribution in [3.63, 3.8) is 0 Å². The molecule has 0 radical (unpaired) electrons. The number of nitrogens with zero attached hydrogens (tertiary/aromatic N) is 2. The van der Waals surface area contributed by atoms with Crippen LogP contribution in [-0.4, -0.2) is 36.9 Å². The molecule has 1 aromatic rings. The van der Waals surface area contributed by atoms with Gasteiger partial charge in [-0.25, -0.2) is 0 Å². The zero-order valence-electron chi connectivity index (χ0n) is 13.3. The number of methoxy groups -OCH3 is 1. The lowest BCUT2D eigenvalue weighted by Crippen LogP contribution is -2.41. The first-order valence-corrected chi connectivity index (χ1v) is 7.28. The smallest absolute Gasteiger partial charge is 0.179 e. The van der Waals surface area contributed by atoms with E-state index < -0.39 is 0 Å². The fraction of sp³-hybridized carbons (Fsp3) is 0.529. The Kier molecular flexibility index (Phi) is 6.90. The Morgan fingerprint density at radius 2 is 1.90 bits per heavy atom. The van der Waals surface area contributed by atoms with Crippen LogP contribution < -0.4 is 4.74 Å². The van der Waals surface area contributed by atoms with Crippen LogP contribution in [0.3, 0.4) is 0 Å². The summed E-state index contributed by atoms with van der Waals surface area (Å²) >= 11 is 0. The number of benzene rings is 1. The van der Waals surface area contributed by atoms with E-state index in [2.05, 4.69) is 24.8 Å². The first kappa shape index (κ1) is 17.2. The number of ether oxygens (including phenoxy) is 1. The van der Waals surface area contributed by atoms with E-state index in [-0.39, 0.29) is 11.8 Å². The van der Waals surface area contributed by atoms with Crippen LogP contribution in [0.15, 0.2) is 24.3 Å². The van der Waals surface area contributed by atoms with Gasteiger partial charge in [0.15, 0.2) is 5.78 Å². The number of Topliss-reactive ketones (excluding diaryl/α,β-unsaturated/α-hetero) is 1. The Hall–Kier alpha value is -1.86. The number of ketones is 1. The van der Waals surface area contributed by atoms with Gasteiger partial charge in [-0.1, -0.05) is 13.8 Å². The van der Waals surface area contributed by atoms with Crippen LogP contribution >= 0.6 is 0 Å². The van der Waals surface area contributed by atoms with E-state index in [4.69, 9.17) is 10.00 Å². The highest BCUT2D eigenvalue weighted by atomic mass is 16.5. The molecule has 0 aliphatic heterocycles. The summed E-state index contributed by atoms with van der Waals surface area (Å²) in [4.78, 5) is 14.6. The van der Waals surface area contributed by atoms with Crippen LogP contribution in [0.25, 0.3) is 0 Å². The molecule has 0 aromatic heterocycles. The monoisotopic (exact) mass is 288 g/mol. The first-order valence-electron chi connectivity index (χ1n) is 7.28. The van der Waals surface area contributed by atoms with E-state index in [9.17, 15) is 4.79 Å². The second kappa shape index (κ2) is 8.43. The van der Waals surface area contributed by atoms with Crippen LogP contribution in [0.5, 0.6) is 5.75 Å². The number of carbonyl (C=O) groups is 1. The minimum atomic E-state index is -0.228. The van der Waals surface area contributed by atoms with Crippen molar-refractivity contribution in [1.82, 2.24) is 4.90 Å². The first-order chi connectivity index (χ1) is 9.99. The lowest BCUT2D eigenvalue weighted by molar-refractivity contribution is 0.0824. The molecule has 0 bridgehead atoms. The van der Waals surface area contributed by atoms with Crippen molar-refractivity contribution in [3.8, 4) is 11.8 Å². The summed E-state index contributed by atoms with van der Waals surface area (Å²) in [7, 11) is 1.60. The largest absolute Gasteiger partial charge is 0.497 e. The summed E-state index contributed by atoms with van der Waals surface area (Å²) in [6.45, 7) is 7.57. The summed E-state index contributed by atoms with van der Waals surface area (Å²) in [5, 5.41) is 8.77. The van der Waals surface area contributed by atoms with E-state index in [1.54, 1.807) is 31.4 Å². The van der Waals surface area contributed by atoms with Crippen LogP contribution in [0.4, 0.5) is 0 Å². The van der Waals surface area contributed by atoms with Crippen molar-refractivity contribution in [2.45, 2.75) is 33.2 Å². The fourth-order valence-corrected chi connectivity index (χ4v) is 2.27. The van der Waals surface area contributed by atoms with E-state index in [0.717, 1.165) is 12.3 Å². The fourth-order valence-electron chi connectivity index (χ4n) is 2.27. The average Bonchev–Trinajstić information content (AvgIpc) is 2.49. The second-order valence-electron chi connectivity index (χ2n) is 5.57. The number of rotatable bonds is 8. The maximum atomic E-state index is 12.6. The van der Waals surface area contributed by atoms with E-state index >= 15 is 0 Å². The lowest BCUT2D eigenvalue weighted by atomic mass is 10.0. The number of carbonyl (C=O) groups excluding carboxylic acids is 1. The van der Waals surface area contributed by atoms with Crippen LogP contribution in [-0.2, 0) is 0 Å². The Bertz CT molecular complexity index is 489. The molecule has 21 heavy (non-hydrogen) atoms. The molecule has 0 saturated carbocycles. The molecule has 1 atom stereocenters. The highest BCUT2D eigenvalue weighted by Crippen LogP contribution is 2.15. The van der Waals surface area contributed by atoms with Gasteiger partial charge in [0.25, 0.3) is 0 Å². The van der Waals surface area contributed by atoms with Crippen molar-refractivity contribution in [2.24, 2.45) is 5.92 Å². The lowest BCUT2D eigenvalue weighted by Gasteiger charge is -2.29. The third-order valence-corrected chi connectivity index (χ3v) is 3.41. The minimum Gasteiger partial charge on any atom is -0.497 e. The maximum absolute atomic E-state index is 12.6. The van der Waals surface area contributed by atoms with Gasteiger partial charge in [0.05, 0.1) is 19.2 Å². The Morgan fingerprint density at radius 1 is 1.29 bits per heavy atom. The zero-order chi connectivity index (χ0) is 15.8. The van der Waals surface area contributed by atoms with E-state index in [1.807, 2.05) is 6.92 Å². The molecule has 1 rings (SSSR count). The van der Waals surface area contributed by atoms with E-state index in [0.29, 0.717) is 24.4 Å². The minimum absolute atomic E-state index is 0.0799. The zero-order valence-corrected chi connectivity index (χ0v) is 13.3. The number of nitriles is 1. The van der Waals surface area contributed by atoms with Gasteiger partial charge in [-0.3, -0.25) is 9.69 Å². The van der Waals surface area contributed by atoms with Gasteiger partial charge in [0.1, 0.15) is 5.75 Å². The maximum Gasteiger partial charge on any atom is 0.179 e. The van der Waals surface area contributed by atoms with Gasteiger partial charge in [0, 0.05) is 25.1 Å². The van der Waals surface area contributed by atoms with Gasteiger partial charge < -0.3 is 4.74 Å².